The zero-order valence-electron chi connectivity index (χ0n) is 16.3. The largest absolute Gasteiger partial charge is 0.491 e. The Bertz CT molecular complexity index is 595. The minimum atomic E-state index is 0.0989. The minimum Gasteiger partial charge on any atom is -0.491 e. The number of nitrogens with one attached hydrogen (secondary N) is 2. The summed E-state index contributed by atoms with van der Waals surface area (Å²) in [5, 5.41) is 6.40. The number of hydrogen-bond acceptors (Lipinski definition) is 3. The van der Waals surface area contributed by atoms with Gasteiger partial charge >= 0.3 is 0 Å². The summed E-state index contributed by atoms with van der Waals surface area (Å²) in [6, 6.07) is 8.13. The van der Waals surface area contributed by atoms with Gasteiger partial charge in [0, 0.05) is 19.6 Å². The summed E-state index contributed by atoms with van der Waals surface area (Å²) in [4.78, 5) is 18.4. The number of carbonyl (C=O) groups excluding carboxylic acids is 1. The Balaban J connectivity index is 1.79. The first-order valence-corrected chi connectivity index (χ1v) is 9.63. The molecule has 144 valence electrons. The number of amides is 1. The lowest BCUT2D eigenvalue weighted by atomic mass is 10.0. The molecule has 0 unspecified atom stereocenters. The maximum absolute atomic E-state index is 12.1. The van der Waals surface area contributed by atoms with Crippen LogP contribution in [0.2, 0.25) is 0 Å². The lowest BCUT2D eigenvalue weighted by Crippen LogP contribution is -2.40. The van der Waals surface area contributed by atoms with Crippen molar-refractivity contribution in [3.63, 3.8) is 0 Å². The molecule has 1 aliphatic rings. The quantitative estimate of drug-likeness (QED) is 0.424. The van der Waals surface area contributed by atoms with E-state index < -0.39 is 0 Å². The van der Waals surface area contributed by atoms with Crippen molar-refractivity contribution in [1.29, 1.82) is 0 Å². The molecule has 1 aromatic rings. The number of guanidine groups is 1. The summed E-state index contributed by atoms with van der Waals surface area (Å²) >= 11 is 0. The van der Waals surface area contributed by atoms with E-state index in [9.17, 15) is 4.79 Å². The topological polar surface area (TPSA) is 66.0 Å². The summed E-state index contributed by atoms with van der Waals surface area (Å²) in [6.07, 6.45) is 2.20. The van der Waals surface area contributed by atoms with Gasteiger partial charge < -0.3 is 20.3 Å². The molecular formula is C20H32N4O2. The van der Waals surface area contributed by atoms with Gasteiger partial charge in [0.2, 0.25) is 5.91 Å². The first-order chi connectivity index (χ1) is 12.6. The number of para-hydroxylation sites is 1. The van der Waals surface area contributed by atoms with Crippen molar-refractivity contribution < 1.29 is 9.53 Å². The third-order valence-corrected chi connectivity index (χ3v) is 4.37. The number of aliphatic imine (C=N–C) groups is 1. The van der Waals surface area contributed by atoms with Gasteiger partial charge in [-0.15, -0.1) is 0 Å². The molecular weight excluding hydrogens is 328 g/mol. The fraction of sp³-hybridized carbons (Fsp3) is 0.600. The highest BCUT2D eigenvalue weighted by Crippen LogP contribution is 2.25. The molecule has 6 nitrogen and oxygen atoms in total. The number of hydrogen-bond donors (Lipinski definition) is 2. The summed E-state index contributed by atoms with van der Waals surface area (Å²) < 4.78 is 5.91. The van der Waals surface area contributed by atoms with Crippen LogP contribution < -0.4 is 15.4 Å². The molecule has 0 atom stereocenters. The van der Waals surface area contributed by atoms with Crippen LogP contribution in [0.3, 0.4) is 0 Å². The smallest absolute Gasteiger partial charge is 0.244 e. The molecule has 2 N–H and O–H groups in total. The Morgan fingerprint density at radius 2 is 1.96 bits per heavy atom. The number of nitrogens with zero attached hydrogens (tertiary/aromatic N) is 2. The highest BCUT2D eigenvalue weighted by Gasteiger charge is 2.17. The van der Waals surface area contributed by atoms with E-state index in [1.54, 1.807) is 0 Å². The van der Waals surface area contributed by atoms with E-state index in [2.05, 4.69) is 35.5 Å². The molecule has 0 bridgehead atoms. The number of carbonyl (C=O) groups is 1. The fourth-order valence-electron chi connectivity index (χ4n) is 2.97. The van der Waals surface area contributed by atoms with Crippen LogP contribution in [0.5, 0.6) is 5.75 Å². The van der Waals surface area contributed by atoms with Gasteiger partial charge in [-0.25, -0.2) is 4.99 Å². The van der Waals surface area contributed by atoms with Crippen LogP contribution in [0.15, 0.2) is 29.3 Å². The van der Waals surface area contributed by atoms with Gasteiger partial charge in [0.15, 0.2) is 5.96 Å². The summed E-state index contributed by atoms with van der Waals surface area (Å²) in [5.74, 6) is 2.10. The molecule has 1 heterocycles. The Hall–Kier alpha value is -2.24. The van der Waals surface area contributed by atoms with Crippen molar-refractivity contribution in [2.75, 3.05) is 39.3 Å². The second-order valence-electron chi connectivity index (χ2n) is 6.75. The van der Waals surface area contributed by atoms with Gasteiger partial charge in [0.05, 0.1) is 6.54 Å². The summed E-state index contributed by atoms with van der Waals surface area (Å²) in [5.41, 5.74) is 1.21. The molecule has 1 aromatic carbocycles. The van der Waals surface area contributed by atoms with Gasteiger partial charge in [-0.1, -0.05) is 32.0 Å². The first-order valence-electron chi connectivity index (χ1n) is 9.63. The van der Waals surface area contributed by atoms with E-state index in [1.807, 2.05) is 30.0 Å². The standard InChI is InChI=1S/C20H32N4O2/c1-4-21-20(23-15-19(25)24-12-7-8-13-24)22-11-14-26-18-10-6-5-9-17(18)16(2)3/h5-6,9-10,16H,4,7-8,11-15H2,1-3H3,(H2,21,22,23). The molecule has 6 heteroatoms. The van der Waals surface area contributed by atoms with E-state index in [-0.39, 0.29) is 12.5 Å². The predicted molar refractivity (Wildman–Crippen MR) is 106 cm³/mol. The van der Waals surface area contributed by atoms with Crippen LogP contribution in [0.4, 0.5) is 0 Å². The lowest BCUT2D eigenvalue weighted by molar-refractivity contribution is -0.128. The second kappa shape index (κ2) is 10.7. The van der Waals surface area contributed by atoms with Crippen LogP contribution in [0.25, 0.3) is 0 Å². The molecule has 0 aliphatic carbocycles. The zero-order chi connectivity index (χ0) is 18.8. The maximum atomic E-state index is 12.1. The Kier molecular flexibility index (Phi) is 8.25. The molecule has 26 heavy (non-hydrogen) atoms. The number of likely N-dealkylation sites (tertiary alicyclic amines) is 1. The maximum Gasteiger partial charge on any atom is 0.244 e. The average Bonchev–Trinajstić information content (AvgIpc) is 3.18. The van der Waals surface area contributed by atoms with Crippen LogP contribution in [0.1, 0.15) is 45.1 Å². The van der Waals surface area contributed by atoms with Crippen LogP contribution in [-0.2, 0) is 4.79 Å². The normalized spacial score (nSPS) is 14.6. The van der Waals surface area contributed by atoms with Crippen molar-refractivity contribution in [2.45, 2.75) is 39.5 Å². The Morgan fingerprint density at radius 3 is 2.65 bits per heavy atom. The SMILES string of the molecule is CCNC(=NCC(=O)N1CCCC1)NCCOc1ccccc1C(C)C. The van der Waals surface area contributed by atoms with Gasteiger partial charge in [-0.2, -0.15) is 0 Å². The molecule has 1 fully saturated rings. The van der Waals surface area contributed by atoms with Crippen molar-refractivity contribution >= 4 is 11.9 Å². The molecule has 1 aliphatic heterocycles. The zero-order valence-corrected chi connectivity index (χ0v) is 16.3. The van der Waals surface area contributed by atoms with Crippen molar-refractivity contribution in [3.8, 4) is 5.75 Å². The summed E-state index contributed by atoms with van der Waals surface area (Å²) in [7, 11) is 0. The van der Waals surface area contributed by atoms with E-state index in [4.69, 9.17) is 4.74 Å². The molecule has 0 aromatic heterocycles. The highest BCUT2D eigenvalue weighted by molar-refractivity contribution is 5.85. The Morgan fingerprint density at radius 1 is 1.23 bits per heavy atom. The third kappa shape index (κ3) is 6.24. The first kappa shape index (κ1) is 20.1. The molecule has 0 radical (unpaired) electrons. The molecule has 1 amide bonds. The van der Waals surface area contributed by atoms with Crippen molar-refractivity contribution in [1.82, 2.24) is 15.5 Å². The van der Waals surface area contributed by atoms with Crippen LogP contribution in [0, 0.1) is 0 Å². The second-order valence-corrected chi connectivity index (χ2v) is 6.75. The van der Waals surface area contributed by atoms with E-state index >= 15 is 0 Å². The Labute approximate surface area is 157 Å². The van der Waals surface area contributed by atoms with Gasteiger partial charge in [0.1, 0.15) is 18.9 Å². The van der Waals surface area contributed by atoms with Gasteiger partial charge in [0.25, 0.3) is 0 Å². The number of ether oxygens (including phenoxy) is 1. The lowest BCUT2D eigenvalue weighted by Gasteiger charge is -2.16. The predicted octanol–water partition coefficient (Wildman–Crippen LogP) is 2.37. The average molecular weight is 361 g/mol. The van der Waals surface area contributed by atoms with Crippen LogP contribution in [-0.4, -0.2) is 56.1 Å². The fourth-order valence-corrected chi connectivity index (χ4v) is 2.97. The third-order valence-electron chi connectivity index (χ3n) is 4.37. The van der Waals surface area contributed by atoms with Crippen molar-refractivity contribution in [2.24, 2.45) is 4.99 Å². The van der Waals surface area contributed by atoms with E-state index in [1.165, 1.54) is 5.56 Å². The van der Waals surface area contributed by atoms with Gasteiger partial charge in [-0.05, 0) is 37.3 Å². The monoisotopic (exact) mass is 360 g/mol. The van der Waals surface area contributed by atoms with Crippen LogP contribution >= 0.6 is 0 Å². The molecule has 2 rings (SSSR count). The van der Waals surface area contributed by atoms with E-state index in [0.29, 0.717) is 25.0 Å². The molecule has 0 spiro atoms. The molecule has 0 saturated carbocycles. The highest BCUT2D eigenvalue weighted by atomic mass is 16.5. The minimum absolute atomic E-state index is 0.0989. The van der Waals surface area contributed by atoms with Crippen molar-refractivity contribution in [3.05, 3.63) is 29.8 Å². The molecule has 1 saturated heterocycles. The summed E-state index contributed by atoms with van der Waals surface area (Å²) in [6.45, 7) is 10.1. The number of rotatable bonds is 8. The van der Waals surface area contributed by atoms with E-state index in [0.717, 1.165) is 38.2 Å². The van der Waals surface area contributed by atoms with Gasteiger partial charge in [-0.3, -0.25) is 4.79 Å². The number of benzene rings is 1.